The van der Waals surface area contributed by atoms with Crippen molar-refractivity contribution in [2.75, 3.05) is 17.2 Å². The lowest BCUT2D eigenvalue weighted by Crippen LogP contribution is -2.58. The Bertz CT molecular complexity index is 1610. The van der Waals surface area contributed by atoms with Gasteiger partial charge in [-0.3, -0.25) is 19.2 Å². The molecule has 0 bridgehead atoms. The number of nitrogens with zero attached hydrogens (tertiary/aromatic N) is 2. The monoisotopic (exact) mass is 709 g/mol. The fourth-order valence-electron chi connectivity index (χ4n) is 7.69. The molecule has 0 aromatic heterocycles. The Morgan fingerprint density at radius 1 is 0.686 bits per heavy atom. The molecule has 3 aliphatic heterocycles. The first-order chi connectivity index (χ1) is 24.9. The van der Waals surface area contributed by atoms with Gasteiger partial charge in [-0.1, -0.05) is 78.9 Å². The minimum atomic E-state index is -0.630. The molecular formula is C41H51N5O4S. The molecule has 3 aromatic carbocycles. The number of hydrogen-bond donors (Lipinski definition) is 3. The Kier molecular flexibility index (Phi) is 12.8. The van der Waals surface area contributed by atoms with Gasteiger partial charge in [0.25, 0.3) is 0 Å². The number of hydrogen-bond acceptors (Lipinski definition) is 6. The SMILES string of the molecule is NC1CCC[C@@H]2SCC[C@H](NC(=O)[C@H](CC[C@H](Cc3ccccc3)C(=O)N[C@H]3CCCCN(c4ccccc4)C3=O)Cc3ccccc3)C(=O)N12. The maximum Gasteiger partial charge on any atom is 0.249 e. The lowest BCUT2D eigenvalue weighted by molar-refractivity contribution is -0.141. The average molecular weight is 710 g/mol. The van der Waals surface area contributed by atoms with Gasteiger partial charge in [0.1, 0.15) is 12.1 Å². The lowest BCUT2D eigenvalue weighted by atomic mass is 9.86. The summed E-state index contributed by atoms with van der Waals surface area (Å²) in [6, 6.07) is 28.2. The van der Waals surface area contributed by atoms with Crippen molar-refractivity contribution in [2.24, 2.45) is 17.6 Å². The molecule has 3 heterocycles. The molecule has 3 fully saturated rings. The van der Waals surface area contributed by atoms with Gasteiger partial charge < -0.3 is 26.2 Å². The zero-order valence-corrected chi connectivity index (χ0v) is 30.1. The Hall–Kier alpha value is -4.15. The molecule has 270 valence electrons. The van der Waals surface area contributed by atoms with Crippen LogP contribution in [-0.4, -0.2) is 64.4 Å². The third kappa shape index (κ3) is 9.60. The Morgan fingerprint density at radius 3 is 1.82 bits per heavy atom. The van der Waals surface area contributed by atoms with Gasteiger partial charge in [-0.15, -0.1) is 11.8 Å². The number of thioether (sulfide) groups is 1. The summed E-state index contributed by atoms with van der Waals surface area (Å²) >= 11 is 1.75. The molecule has 51 heavy (non-hydrogen) atoms. The zero-order chi connectivity index (χ0) is 35.6. The molecule has 6 rings (SSSR count). The summed E-state index contributed by atoms with van der Waals surface area (Å²) < 4.78 is 0. The molecule has 3 aromatic rings. The number of benzene rings is 3. The van der Waals surface area contributed by atoms with Gasteiger partial charge in [-0.25, -0.2) is 0 Å². The second-order valence-electron chi connectivity index (χ2n) is 14.2. The molecule has 0 aliphatic carbocycles. The second kappa shape index (κ2) is 17.9. The van der Waals surface area contributed by atoms with Crippen LogP contribution in [0.2, 0.25) is 0 Å². The summed E-state index contributed by atoms with van der Waals surface area (Å²) in [7, 11) is 0. The zero-order valence-electron chi connectivity index (χ0n) is 29.3. The van der Waals surface area contributed by atoms with E-state index in [9.17, 15) is 19.2 Å². The Balaban J connectivity index is 1.19. The molecule has 9 nitrogen and oxygen atoms in total. The van der Waals surface area contributed by atoms with E-state index in [2.05, 4.69) is 10.6 Å². The summed E-state index contributed by atoms with van der Waals surface area (Å²) in [4.78, 5) is 59.5. The first-order valence-electron chi connectivity index (χ1n) is 18.6. The van der Waals surface area contributed by atoms with Gasteiger partial charge in [0, 0.05) is 24.1 Å². The molecule has 0 saturated carbocycles. The number of piperidine rings is 1. The van der Waals surface area contributed by atoms with Crippen LogP contribution in [0.15, 0.2) is 91.0 Å². The third-order valence-corrected chi connectivity index (χ3v) is 11.9. The van der Waals surface area contributed by atoms with Crippen LogP contribution in [0.25, 0.3) is 0 Å². The standard InChI is InChI=1S/C41H51N5O4S/c42-36-20-12-21-37-46(36)41(50)35(24-26-51-37)44-39(48)32(28-30-15-6-2-7-16-30)23-22-31(27-29-13-4-1-5-14-29)38(47)43-34-19-10-11-25-45(40(34)49)33-17-8-3-9-18-33/h1-9,13-18,31-32,34-37H,10-12,19-28,42H2,(H,43,47)(H,44,48)/t31-,32-,34+,35+,36?,37+/m1/s1. The van der Waals surface area contributed by atoms with Crippen LogP contribution in [0.1, 0.15) is 68.9 Å². The Morgan fingerprint density at radius 2 is 1.24 bits per heavy atom. The van der Waals surface area contributed by atoms with Crippen molar-refractivity contribution < 1.29 is 19.2 Å². The smallest absolute Gasteiger partial charge is 0.249 e. The number of nitrogens with two attached hydrogens (primary N) is 1. The van der Waals surface area contributed by atoms with Crippen molar-refractivity contribution in [3.63, 3.8) is 0 Å². The predicted molar refractivity (Wildman–Crippen MR) is 203 cm³/mol. The van der Waals surface area contributed by atoms with Crippen LogP contribution in [0, 0.1) is 11.8 Å². The molecule has 4 amide bonds. The van der Waals surface area contributed by atoms with Crippen LogP contribution in [0.3, 0.4) is 0 Å². The molecular weight excluding hydrogens is 659 g/mol. The van der Waals surface area contributed by atoms with Gasteiger partial charge >= 0.3 is 0 Å². The minimum absolute atomic E-state index is 0.0561. The van der Waals surface area contributed by atoms with E-state index in [0.717, 1.165) is 54.7 Å². The number of amides is 4. The highest BCUT2D eigenvalue weighted by Gasteiger charge is 2.40. The van der Waals surface area contributed by atoms with Crippen LogP contribution >= 0.6 is 11.8 Å². The average Bonchev–Trinajstić information content (AvgIpc) is 3.43. The lowest BCUT2D eigenvalue weighted by Gasteiger charge is -2.39. The van der Waals surface area contributed by atoms with Gasteiger partial charge in [0.05, 0.1) is 11.5 Å². The summed E-state index contributed by atoms with van der Waals surface area (Å²) in [5, 5.41) is 6.34. The van der Waals surface area contributed by atoms with E-state index in [-0.39, 0.29) is 35.2 Å². The van der Waals surface area contributed by atoms with Gasteiger partial charge in [-0.2, -0.15) is 0 Å². The maximum atomic E-state index is 14.2. The molecule has 0 spiro atoms. The number of anilines is 1. The largest absolute Gasteiger partial charge is 0.344 e. The molecule has 0 radical (unpaired) electrons. The number of carbonyl (C=O) groups excluding carboxylic acids is 4. The van der Waals surface area contributed by atoms with Gasteiger partial charge in [0.2, 0.25) is 23.6 Å². The number of carbonyl (C=O) groups is 4. The van der Waals surface area contributed by atoms with Crippen LogP contribution < -0.4 is 21.3 Å². The number of nitrogens with one attached hydrogen (secondary N) is 2. The van der Waals surface area contributed by atoms with Crippen LogP contribution in [0.4, 0.5) is 5.69 Å². The number of rotatable bonds is 12. The van der Waals surface area contributed by atoms with Crippen molar-refractivity contribution >= 4 is 41.1 Å². The quantitative estimate of drug-likeness (QED) is 0.231. The molecule has 3 aliphatic rings. The summed E-state index contributed by atoms with van der Waals surface area (Å²) in [5.74, 6) is -0.676. The van der Waals surface area contributed by atoms with E-state index >= 15 is 0 Å². The molecule has 6 atom stereocenters. The third-order valence-electron chi connectivity index (χ3n) is 10.5. The summed E-state index contributed by atoms with van der Waals surface area (Å²) in [5.41, 5.74) is 9.29. The highest BCUT2D eigenvalue weighted by atomic mass is 32.2. The summed E-state index contributed by atoms with van der Waals surface area (Å²) in [6.45, 7) is 0.617. The van der Waals surface area contributed by atoms with E-state index < -0.39 is 23.9 Å². The molecule has 1 unspecified atom stereocenters. The molecule has 3 saturated heterocycles. The van der Waals surface area contributed by atoms with Gasteiger partial charge in [0.15, 0.2) is 0 Å². The van der Waals surface area contributed by atoms with E-state index in [4.69, 9.17) is 5.73 Å². The summed E-state index contributed by atoms with van der Waals surface area (Å²) in [6.07, 6.45) is 7.06. The highest BCUT2D eigenvalue weighted by Crippen LogP contribution is 2.33. The van der Waals surface area contributed by atoms with Crippen molar-refractivity contribution in [2.45, 2.75) is 94.3 Å². The normalized spacial score (nSPS) is 23.7. The van der Waals surface area contributed by atoms with Gasteiger partial charge in [-0.05, 0) is 99.6 Å². The van der Waals surface area contributed by atoms with Crippen molar-refractivity contribution in [3.8, 4) is 0 Å². The van der Waals surface area contributed by atoms with Crippen LogP contribution in [-0.2, 0) is 32.0 Å². The highest BCUT2D eigenvalue weighted by molar-refractivity contribution is 7.99. The fourth-order valence-corrected chi connectivity index (χ4v) is 9.09. The molecule has 10 heteroatoms. The number of para-hydroxylation sites is 1. The Labute approximate surface area is 306 Å². The van der Waals surface area contributed by atoms with Crippen LogP contribution in [0.5, 0.6) is 0 Å². The van der Waals surface area contributed by atoms with E-state index in [0.29, 0.717) is 45.1 Å². The van der Waals surface area contributed by atoms with Crippen molar-refractivity contribution in [1.82, 2.24) is 15.5 Å². The predicted octanol–water partition coefficient (Wildman–Crippen LogP) is 5.43. The second-order valence-corrected chi connectivity index (χ2v) is 15.4. The first kappa shape index (κ1) is 36.6. The van der Waals surface area contributed by atoms with E-state index in [1.165, 1.54) is 0 Å². The fraction of sp³-hybridized carbons (Fsp3) is 0.463. The molecule has 4 N–H and O–H groups in total. The first-order valence-corrected chi connectivity index (χ1v) is 19.7. The topological polar surface area (TPSA) is 125 Å². The minimum Gasteiger partial charge on any atom is -0.344 e. The number of fused-ring (bicyclic) bond motifs is 1. The van der Waals surface area contributed by atoms with Crippen molar-refractivity contribution in [3.05, 3.63) is 102 Å². The van der Waals surface area contributed by atoms with Crippen molar-refractivity contribution in [1.29, 1.82) is 0 Å². The van der Waals surface area contributed by atoms with E-state index in [1.54, 1.807) is 21.6 Å². The van der Waals surface area contributed by atoms with E-state index in [1.807, 2.05) is 91.0 Å². The maximum absolute atomic E-state index is 14.2.